The molecule has 0 aliphatic carbocycles. The van der Waals surface area contributed by atoms with Crippen molar-refractivity contribution >= 4 is 28.4 Å². The number of fused-ring (bicyclic) bond motifs is 3. The summed E-state index contributed by atoms with van der Waals surface area (Å²) in [5, 5.41) is 15.7. The number of amides is 2. The van der Waals surface area contributed by atoms with Gasteiger partial charge in [0.05, 0.1) is 24.5 Å². The van der Waals surface area contributed by atoms with Gasteiger partial charge in [0.15, 0.2) is 0 Å². The number of hydrogen-bond donors (Lipinski definition) is 4. The molecule has 2 amide bonds. The number of aromatic amines is 1. The average Bonchev–Trinajstić information content (AvgIpc) is 3.01. The molecule has 3 heterocycles. The Labute approximate surface area is 143 Å². The zero-order valence-corrected chi connectivity index (χ0v) is 13.2. The van der Waals surface area contributed by atoms with Crippen molar-refractivity contribution in [3.63, 3.8) is 0 Å². The van der Waals surface area contributed by atoms with Gasteiger partial charge in [0, 0.05) is 22.7 Å². The van der Waals surface area contributed by atoms with Crippen LogP contribution >= 0.6 is 0 Å². The van der Waals surface area contributed by atoms with Crippen molar-refractivity contribution in [3.05, 3.63) is 59.5 Å². The van der Waals surface area contributed by atoms with Gasteiger partial charge >= 0.3 is 0 Å². The van der Waals surface area contributed by atoms with Gasteiger partial charge in [-0.15, -0.1) is 0 Å². The molecule has 0 spiro atoms. The Balaban J connectivity index is 1.70. The van der Waals surface area contributed by atoms with Crippen molar-refractivity contribution in [2.45, 2.75) is 12.5 Å². The number of hydrogen-bond acceptors (Lipinski definition) is 4. The van der Waals surface area contributed by atoms with E-state index in [0.29, 0.717) is 23.4 Å². The number of anilines is 1. The average molecular weight is 336 g/mol. The van der Waals surface area contributed by atoms with E-state index in [1.165, 1.54) is 0 Å². The Hall–Kier alpha value is -3.19. The Morgan fingerprint density at radius 2 is 2.24 bits per heavy atom. The SMILES string of the molecule is O=C(Nc1cccnc1)c1ccc2[nH]c3c(c2c1)CC(CO)NC3=O. The first-order chi connectivity index (χ1) is 12.2. The third kappa shape index (κ3) is 2.74. The van der Waals surface area contributed by atoms with Crippen LogP contribution < -0.4 is 10.6 Å². The van der Waals surface area contributed by atoms with Crippen LogP contribution in [0.1, 0.15) is 26.4 Å². The highest BCUT2D eigenvalue weighted by atomic mass is 16.3. The molecule has 0 bridgehead atoms. The first-order valence-corrected chi connectivity index (χ1v) is 7.93. The summed E-state index contributed by atoms with van der Waals surface area (Å²) in [5.74, 6) is -0.485. The first kappa shape index (κ1) is 15.3. The van der Waals surface area contributed by atoms with Gasteiger partial charge in [-0.3, -0.25) is 14.6 Å². The van der Waals surface area contributed by atoms with Gasteiger partial charge in [-0.05, 0) is 42.3 Å². The van der Waals surface area contributed by atoms with Crippen LogP contribution in [0, 0.1) is 0 Å². The van der Waals surface area contributed by atoms with Crippen molar-refractivity contribution in [3.8, 4) is 0 Å². The van der Waals surface area contributed by atoms with Crippen molar-refractivity contribution in [2.75, 3.05) is 11.9 Å². The smallest absolute Gasteiger partial charge is 0.268 e. The second kappa shape index (κ2) is 6.03. The molecule has 1 atom stereocenters. The number of rotatable bonds is 3. The highest BCUT2D eigenvalue weighted by Crippen LogP contribution is 2.27. The van der Waals surface area contributed by atoms with Crippen molar-refractivity contribution in [1.29, 1.82) is 0 Å². The largest absolute Gasteiger partial charge is 0.394 e. The molecule has 126 valence electrons. The Morgan fingerprint density at radius 1 is 1.36 bits per heavy atom. The maximum atomic E-state index is 12.5. The zero-order valence-electron chi connectivity index (χ0n) is 13.2. The molecule has 1 aliphatic rings. The highest BCUT2D eigenvalue weighted by Gasteiger charge is 2.27. The quantitative estimate of drug-likeness (QED) is 0.581. The molecule has 7 nitrogen and oxygen atoms in total. The van der Waals surface area contributed by atoms with Crippen molar-refractivity contribution in [1.82, 2.24) is 15.3 Å². The summed E-state index contributed by atoms with van der Waals surface area (Å²) in [5.41, 5.74) is 3.21. The molecular formula is C18H16N4O3. The van der Waals surface area contributed by atoms with Crippen LogP contribution in [0.2, 0.25) is 0 Å². The lowest BCUT2D eigenvalue weighted by Gasteiger charge is -2.21. The number of aliphatic hydroxyl groups excluding tert-OH is 1. The summed E-state index contributed by atoms with van der Waals surface area (Å²) >= 11 is 0. The lowest BCUT2D eigenvalue weighted by atomic mass is 9.97. The number of carbonyl (C=O) groups is 2. The summed E-state index contributed by atoms with van der Waals surface area (Å²) in [7, 11) is 0. The second-order valence-corrected chi connectivity index (χ2v) is 5.99. The van der Waals surface area contributed by atoms with E-state index >= 15 is 0 Å². The minimum atomic E-state index is -0.313. The third-order valence-electron chi connectivity index (χ3n) is 4.32. The fourth-order valence-corrected chi connectivity index (χ4v) is 3.10. The maximum Gasteiger partial charge on any atom is 0.268 e. The number of carbonyl (C=O) groups excluding carboxylic acids is 2. The van der Waals surface area contributed by atoms with Crippen molar-refractivity contribution in [2.24, 2.45) is 0 Å². The standard InChI is InChI=1S/C18H16N4O3/c23-9-12-7-14-13-6-10(17(24)20-11-2-1-5-19-8-11)3-4-15(13)22-16(14)18(25)21-12/h1-6,8,12,22-23H,7,9H2,(H,20,24)(H,21,25). The topological polar surface area (TPSA) is 107 Å². The molecule has 1 aromatic carbocycles. The van der Waals surface area contributed by atoms with Gasteiger partial charge in [-0.25, -0.2) is 0 Å². The van der Waals surface area contributed by atoms with E-state index in [4.69, 9.17) is 0 Å². The number of nitrogens with one attached hydrogen (secondary N) is 3. The lowest BCUT2D eigenvalue weighted by molar-refractivity contribution is 0.0897. The minimum absolute atomic E-state index is 0.126. The summed E-state index contributed by atoms with van der Waals surface area (Å²) in [6.07, 6.45) is 3.73. The number of aliphatic hydroxyl groups is 1. The number of H-pyrrole nitrogens is 1. The van der Waals surface area contributed by atoms with E-state index < -0.39 is 0 Å². The number of nitrogens with zero attached hydrogens (tertiary/aromatic N) is 1. The molecule has 4 N–H and O–H groups in total. The Morgan fingerprint density at radius 3 is 3.00 bits per heavy atom. The summed E-state index contributed by atoms with van der Waals surface area (Å²) < 4.78 is 0. The molecule has 25 heavy (non-hydrogen) atoms. The number of pyridine rings is 1. The summed E-state index contributed by atoms with van der Waals surface area (Å²) in [6.45, 7) is -0.126. The predicted octanol–water partition coefficient (Wildman–Crippen LogP) is 1.46. The molecule has 7 heteroatoms. The zero-order chi connectivity index (χ0) is 17.4. The first-order valence-electron chi connectivity index (χ1n) is 7.93. The molecular weight excluding hydrogens is 320 g/mol. The van der Waals surface area contributed by atoms with Crippen LogP contribution in [-0.2, 0) is 6.42 Å². The Bertz CT molecular complexity index is 965. The highest BCUT2D eigenvalue weighted by molar-refractivity contribution is 6.08. The van der Waals surface area contributed by atoms with Crippen molar-refractivity contribution < 1.29 is 14.7 Å². The van der Waals surface area contributed by atoms with Gasteiger partial charge in [0.1, 0.15) is 5.69 Å². The fourth-order valence-electron chi connectivity index (χ4n) is 3.10. The van der Waals surface area contributed by atoms with Crippen LogP contribution in [0.25, 0.3) is 10.9 Å². The molecule has 1 unspecified atom stereocenters. The molecule has 0 radical (unpaired) electrons. The van der Waals surface area contributed by atoms with E-state index in [9.17, 15) is 14.7 Å². The maximum absolute atomic E-state index is 12.5. The van der Waals surface area contributed by atoms with Gasteiger partial charge in [-0.2, -0.15) is 0 Å². The lowest BCUT2D eigenvalue weighted by Crippen LogP contribution is -2.43. The van der Waals surface area contributed by atoms with Crippen LogP contribution in [0.15, 0.2) is 42.7 Å². The fraction of sp³-hybridized carbons (Fsp3) is 0.167. The molecule has 3 aromatic rings. The van der Waals surface area contributed by atoms with E-state index in [1.807, 2.05) is 0 Å². The number of aromatic nitrogens is 2. The van der Waals surface area contributed by atoms with Crippen LogP contribution in [-0.4, -0.2) is 39.5 Å². The molecule has 4 rings (SSSR count). The third-order valence-corrected chi connectivity index (χ3v) is 4.32. The molecule has 0 saturated carbocycles. The molecule has 0 fully saturated rings. The number of benzene rings is 1. The van der Waals surface area contributed by atoms with E-state index in [1.54, 1.807) is 42.7 Å². The molecule has 2 aromatic heterocycles. The summed E-state index contributed by atoms with van der Waals surface area (Å²) in [4.78, 5) is 31.7. The predicted molar refractivity (Wildman–Crippen MR) is 92.5 cm³/mol. The van der Waals surface area contributed by atoms with Gasteiger partial charge in [0.2, 0.25) is 0 Å². The van der Waals surface area contributed by atoms with E-state index in [0.717, 1.165) is 16.5 Å². The van der Waals surface area contributed by atoms with Gasteiger partial charge < -0.3 is 20.7 Å². The second-order valence-electron chi connectivity index (χ2n) is 5.99. The van der Waals surface area contributed by atoms with E-state index in [2.05, 4.69) is 20.6 Å². The van der Waals surface area contributed by atoms with Crippen LogP contribution in [0.5, 0.6) is 0 Å². The van der Waals surface area contributed by atoms with Gasteiger partial charge in [-0.1, -0.05) is 0 Å². The molecule has 1 aliphatic heterocycles. The monoisotopic (exact) mass is 336 g/mol. The summed E-state index contributed by atoms with van der Waals surface area (Å²) in [6, 6.07) is 8.45. The molecule has 0 saturated heterocycles. The van der Waals surface area contributed by atoms with E-state index in [-0.39, 0.29) is 24.5 Å². The normalized spacial score (nSPS) is 16.4. The van der Waals surface area contributed by atoms with Crippen LogP contribution in [0.3, 0.4) is 0 Å². The Kier molecular flexibility index (Phi) is 3.70. The van der Waals surface area contributed by atoms with Gasteiger partial charge in [0.25, 0.3) is 11.8 Å². The van der Waals surface area contributed by atoms with Crippen LogP contribution in [0.4, 0.5) is 5.69 Å². The minimum Gasteiger partial charge on any atom is -0.394 e.